The van der Waals surface area contributed by atoms with Gasteiger partial charge in [0.25, 0.3) is 5.69 Å². The third-order valence-electron chi connectivity index (χ3n) is 6.36. The second-order valence-electron chi connectivity index (χ2n) is 7.98. The maximum absolute atomic E-state index is 12.7. The normalized spacial score (nSPS) is 32.4. The highest BCUT2D eigenvalue weighted by Crippen LogP contribution is 2.56. The number of anilines is 1. The lowest BCUT2D eigenvalue weighted by Gasteiger charge is -2.53. The van der Waals surface area contributed by atoms with Crippen LogP contribution in [-0.4, -0.2) is 23.9 Å². The predicted molar refractivity (Wildman–Crippen MR) is 95.1 cm³/mol. The molecule has 134 valence electrons. The first-order chi connectivity index (χ1) is 12.1. The molecule has 0 saturated heterocycles. The zero-order valence-corrected chi connectivity index (χ0v) is 14.3. The quantitative estimate of drug-likeness (QED) is 0.472. The van der Waals surface area contributed by atoms with E-state index in [0.717, 1.165) is 17.5 Å². The zero-order chi connectivity index (χ0) is 17.4. The highest BCUT2D eigenvalue weighted by atomic mass is 16.6. The molecule has 2 N–H and O–H groups in total. The third kappa shape index (κ3) is 3.34. The van der Waals surface area contributed by atoms with Gasteiger partial charge >= 0.3 is 0 Å². The van der Waals surface area contributed by atoms with E-state index in [1.807, 2.05) is 0 Å². The van der Waals surface area contributed by atoms with Crippen LogP contribution in [0.5, 0.6) is 0 Å². The molecule has 4 saturated carbocycles. The second-order valence-corrected chi connectivity index (χ2v) is 7.98. The molecule has 0 aromatic heterocycles. The number of amides is 1. The van der Waals surface area contributed by atoms with Crippen molar-refractivity contribution in [1.82, 2.24) is 5.32 Å². The number of carbonyl (C=O) groups is 1. The van der Waals surface area contributed by atoms with Gasteiger partial charge in [0.2, 0.25) is 5.91 Å². The Morgan fingerprint density at radius 2 is 1.60 bits per heavy atom. The number of non-ortho nitro benzene ring substituents is 1. The fraction of sp³-hybridized carbons (Fsp3) is 0.632. The van der Waals surface area contributed by atoms with E-state index in [-0.39, 0.29) is 17.5 Å². The maximum Gasteiger partial charge on any atom is 0.269 e. The summed E-state index contributed by atoms with van der Waals surface area (Å²) in [5.41, 5.74) is 0.912. The van der Waals surface area contributed by atoms with E-state index in [4.69, 9.17) is 0 Å². The molecule has 0 unspecified atom stereocenters. The Morgan fingerprint density at radius 3 is 2.16 bits per heavy atom. The molecule has 4 fully saturated rings. The number of nitro groups is 1. The molecule has 1 aromatic carbocycles. The van der Waals surface area contributed by atoms with Gasteiger partial charge in [0, 0.05) is 36.8 Å². The minimum atomic E-state index is -0.408. The number of rotatable bonds is 6. The standard InChI is InChI=1S/C19H25N3O3/c23-19(18-14-8-12-7-13(10-14)11-15(18)9-12)21-6-5-20-16-1-3-17(4-2-16)22(24)25/h1-4,12-15,18,20H,5-11H2,(H,21,23). The van der Waals surface area contributed by atoms with Crippen LogP contribution in [0.4, 0.5) is 11.4 Å². The molecule has 4 bridgehead atoms. The topological polar surface area (TPSA) is 84.3 Å². The van der Waals surface area contributed by atoms with Crippen molar-refractivity contribution in [2.45, 2.75) is 32.1 Å². The molecule has 25 heavy (non-hydrogen) atoms. The summed E-state index contributed by atoms with van der Waals surface area (Å²) in [5.74, 6) is 3.45. The SMILES string of the molecule is O=C(NCCNc1ccc([N+](=O)[O-])cc1)C1C2CC3CC(C2)CC1C3. The fourth-order valence-corrected chi connectivity index (χ4v) is 5.56. The molecule has 0 radical (unpaired) electrons. The van der Waals surface area contributed by atoms with Crippen molar-refractivity contribution >= 4 is 17.3 Å². The molecule has 6 nitrogen and oxygen atoms in total. The van der Waals surface area contributed by atoms with Crippen LogP contribution in [0.1, 0.15) is 32.1 Å². The minimum Gasteiger partial charge on any atom is -0.383 e. The largest absolute Gasteiger partial charge is 0.383 e. The molecule has 5 rings (SSSR count). The van der Waals surface area contributed by atoms with Gasteiger partial charge in [-0.05, 0) is 67.9 Å². The van der Waals surface area contributed by atoms with Gasteiger partial charge < -0.3 is 10.6 Å². The van der Waals surface area contributed by atoms with E-state index in [1.165, 1.54) is 44.2 Å². The van der Waals surface area contributed by atoms with Crippen LogP contribution >= 0.6 is 0 Å². The van der Waals surface area contributed by atoms with E-state index in [2.05, 4.69) is 10.6 Å². The average molecular weight is 343 g/mol. The van der Waals surface area contributed by atoms with E-state index >= 15 is 0 Å². The first-order valence-corrected chi connectivity index (χ1v) is 9.36. The summed E-state index contributed by atoms with van der Waals surface area (Å²) in [6.07, 6.45) is 6.43. The van der Waals surface area contributed by atoms with Gasteiger partial charge in [0.15, 0.2) is 0 Å². The predicted octanol–water partition coefficient (Wildman–Crippen LogP) is 3.20. The Morgan fingerprint density at radius 1 is 1.00 bits per heavy atom. The van der Waals surface area contributed by atoms with Crippen LogP contribution in [0.3, 0.4) is 0 Å². The van der Waals surface area contributed by atoms with Crippen molar-refractivity contribution in [1.29, 1.82) is 0 Å². The van der Waals surface area contributed by atoms with Crippen molar-refractivity contribution in [3.63, 3.8) is 0 Å². The van der Waals surface area contributed by atoms with E-state index in [9.17, 15) is 14.9 Å². The first-order valence-electron chi connectivity index (χ1n) is 9.36. The summed E-state index contributed by atoms with van der Waals surface area (Å²) in [6.45, 7) is 1.20. The van der Waals surface area contributed by atoms with Crippen molar-refractivity contribution in [2.24, 2.45) is 29.6 Å². The van der Waals surface area contributed by atoms with Crippen LogP contribution in [0.15, 0.2) is 24.3 Å². The summed E-state index contributed by atoms with van der Waals surface area (Å²) in [5, 5.41) is 16.9. The summed E-state index contributed by atoms with van der Waals surface area (Å²) in [7, 11) is 0. The molecule has 0 heterocycles. The number of hydrogen-bond acceptors (Lipinski definition) is 4. The summed E-state index contributed by atoms with van der Waals surface area (Å²) in [6, 6.07) is 6.35. The van der Waals surface area contributed by atoms with Crippen LogP contribution in [0.2, 0.25) is 0 Å². The van der Waals surface area contributed by atoms with Gasteiger partial charge in [-0.3, -0.25) is 14.9 Å². The molecule has 0 spiro atoms. The molecule has 6 heteroatoms. The van der Waals surface area contributed by atoms with Crippen molar-refractivity contribution in [3.05, 3.63) is 34.4 Å². The zero-order valence-electron chi connectivity index (χ0n) is 14.3. The fourth-order valence-electron chi connectivity index (χ4n) is 5.56. The van der Waals surface area contributed by atoms with E-state index in [0.29, 0.717) is 24.9 Å². The number of nitrogens with one attached hydrogen (secondary N) is 2. The smallest absolute Gasteiger partial charge is 0.269 e. The third-order valence-corrected chi connectivity index (χ3v) is 6.36. The first kappa shape index (κ1) is 16.4. The Labute approximate surface area is 147 Å². The maximum atomic E-state index is 12.7. The van der Waals surface area contributed by atoms with Crippen LogP contribution < -0.4 is 10.6 Å². The monoisotopic (exact) mass is 343 g/mol. The lowest BCUT2D eigenvalue weighted by molar-refractivity contribution is -0.384. The Kier molecular flexibility index (Phi) is 4.36. The minimum absolute atomic E-state index is 0.0840. The van der Waals surface area contributed by atoms with Gasteiger partial charge in [-0.1, -0.05) is 0 Å². The summed E-state index contributed by atoms with van der Waals surface area (Å²) >= 11 is 0. The molecule has 1 amide bonds. The van der Waals surface area contributed by atoms with Gasteiger partial charge in [-0.2, -0.15) is 0 Å². The van der Waals surface area contributed by atoms with Gasteiger partial charge in [-0.25, -0.2) is 0 Å². The number of benzene rings is 1. The van der Waals surface area contributed by atoms with Gasteiger partial charge in [0.1, 0.15) is 0 Å². The Balaban J connectivity index is 1.23. The van der Waals surface area contributed by atoms with E-state index < -0.39 is 4.92 Å². The molecular formula is C19H25N3O3. The van der Waals surface area contributed by atoms with Crippen molar-refractivity contribution in [2.75, 3.05) is 18.4 Å². The number of carbonyl (C=O) groups excluding carboxylic acids is 1. The van der Waals surface area contributed by atoms with Crippen molar-refractivity contribution in [3.8, 4) is 0 Å². The van der Waals surface area contributed by atoms with Crippen LogP contribution in [-0.2, 0) is 4.79 Å². The number of hydrogen-bond donors (Lipinski definition) is 2. The molecule has 0 atom stereocenters. The highest BCUT2D eigenvalue weighted by Gasteiger charge is 2.50. The van der Waals surface area contributed by atoms with Crippen LogP contribution in [0.25, 0.3) is 0 Å². The Bertz CT molecular complexity index is 630. The number of nitro benzene ring substituents is 1. The van der Waals surface area contributed by atoms with Gasteiger partial charge in [-0.15, -0.1) is 0 Å². The lowest BCUT2D eigenvalue weighted by atomic mass is 9.51. The molecule has 0 aliphatic heterocycles. The van der Waals surface area contributed by atoms with Crippen LogP contribution in [0, 0.1) is 39.7 Å². The average Bonchev–Trinajstić information content (AvgIpc) is 2.58. The molecule has 4 aliphatic carbocycles. The summed E-state index contributed by atoms with van der Waals surface area (Å²) < 4.78 is 0. The second kappa shape index (κ2) is 6.65. The molecule has 4 aliphatic rings. The van der Waals surface area contributed by atoms with E-state index in [1.54, 1.807) is 12.1 Å². The molecule has 1 aromatic rings. The molecular weight excluding hydrogens is 318 g/mol. The van der Waals surface area contributed by atoms with Gasteiger partial charge in [0.05, 0.1) is 4.92 Å². The highest BCUT2D eigenvalue weighted by molar-refractivity contribution is 5.79. The Hall–Kier alpha value is -2.11. The lowest BCUT2D eigenvalue weighted by Crippen LogP contribution is -2.51. The summed E-state index contributed by atoms with van der Waals surface area (Å²) in [4.78, 5) is 22.9. The number of nitrogens with zero attached hydrogens (tertiary/aromatic N) is 1. The van der Waals surface area contributed by atoms with Crippen molar-refractivity contribution < 1.29 is 9.72 Å².